The van der Waals surface area contributed by atoms with Crippen LogP contribution in [0.5, 0.6) is 0 Å². The monoisotopic (exact) mass is 380 g/mol. The summed E-state index contributed by atoms with van der Waals surface area (Å²) in [5.74, 6) is 0.0108. The van der Waals surface area contributed by atoms with Crippen molar-refractivity contribution >= 4 is 33.5 Å². The van der Waals surface area contributed by atoms with Crippen molar-refractivity contribution in [1.29, 1.82) is 0 Å². The molecule has 1 aromatic carbocycles. The van der Waals surface area contributed by atoms with E-state index >= 15 is 0 Å². The van der Waals surface area contributed by atoms with Gasteiger partial charge >= 0.3 is 0 Å². The van der Waals surface area contributed by atoms with Crippen LogP contribution in [0.2, 0.25) is 0 Å². The van der Waals surface area contributed by atoms with E-state index in [-0.39, 0.29) is 30.4 Å². The fourth-order valence-electron chi connectivity index (χ4n) is 2.64. The largest absolute Gasteiger partial charge is 0.341 e. The standard InChI is InChI=1S/C17H21BrN2O3/c1-13(21)19-9-2-10-20(12-11-19)17(23)8-7-16(22)14-3-5-15(18)6-4-14/h3-6H,2,7-12H2,1H3. The Hall–Kier alpha value is -1.69. The molecule has 5 nitrogen and oxygen atoms in total. The van der Waals surface area contributed by atoms with Gasteiger partial charge in [0.2, 0.25) is 11.8 Å². The normalized spacial score (nSPS) is 15.2. The van der Waals surface area contributed by atoms with Crippen molar-refractivity contribution < 1.29 is 14.4 Å². The zero-order valence-electron chi connectivity index (χ0n) is 13.3. The molecule has 0 bridgehead atoms. The van der Waals surface area contributed by atoms with E-state index in [1.165, 1.54) is 0 Å². The van der Waals surface area contributed by atoms with Crippen LogP contribution in [0.4, 0.5) is 0 Å². The minimum atomic E-state index is -0.0222. The highest BCUT2D eigenvalue weighted by atomic mass is 79.9. The highest BCUT2D eigenvalue weighted by Crippen LogP contribution is 2.13. The first-order valence-corrected chi connectivity index (χ1v) is 8.58. The molecule has 0 N–H and O–H groups in total. The van der Waals surface area contributed by atoms with Crippen LogP contribution in [-0.2, 0) is 9.59 Å². The van der Waals surface area contributed by atoms with Crippen LogP contribution in [-0.4, -0.2) is 53.6 Å². The molecule has 0 aliphatic carbocycles. The molecule has 1 aliphatic rings. The van der Waals surface area contributed by atoms with Gasteiger partial charge in [-0.15, -0.1) is 0 Å². The van der Waals surface area contributed by atoms with Crippen molar-refractivity contribution in [3.63, 3.8) is 0 Å². The van der Waals surface area contributed by atoms with Crippen molar-refractivity contribution in [3.8, 4) is 0 Å². The average Bonchev–Trinajstić information content (AvgIpc) is 2.79. The summed E-state index contributed by atoms with van der Waals surface area (Å²) in [6.45, 7) is 4.01. The van der Waals surface area contributed by atoms with Gasteiger partial charge in [0.25, 0.3) is 0 Å². The highest BCUT2D eigenvalue weighted by Gasteiger charge is 2.20. The van der Waals surface area contributed by atoms with Crippen molar-refractivity contribution in [2.24, 2.45) is 0 Å². The summed E-state index contributed by atoms with van der Waals surface area (Å²) in [6, 6.07) is 7.15. The van der Waals surface area contributed by atoms with Crippen LogP contribution in [0.25, 0.3) is 0 Å². The lowest BCUT2D eigenvalue weighted by atomic mass is 10.1. The summed E-state index contributed by atoms with van der Waals surface area (Å²) < 4.78 is 0.921. The summed E-state index contributed by atoms with van der Waals surface area (Å²) in [5, 5.41) is 0. The fourth-order valence-corrected chi connectivity index (χ4v) is 2.90. The Morgan fingerprint density at radius 1 is 0.957 bits per heavy atom. The van der Waals surface area contributed by atoms with Crippen molar-refractivity contribution in [3.05, 3.63) is 34.3 Å². The van der Waals surface area contributed by atoms with Crippen LogP contribution in [0.15, 0.2) is 28.7 Å². The van der Waals surface area contributed by atoms with E-state index in [4.69, 9.17) is 0 Å². The number of Topliss-reactive ketones (excluding diaryl/α,β-unsaturated/α-hetero) is 1. The summed E-state index contributed by atoms with van der Waals surface area (Å²) in [6.07, 6.45) is 1.22. The van der Waals surface area contributed by atoms with Gasteiger partial charge in [0.1, 0.15) is 0 Å². The van der Waals surface area contributed by atoms with E-state index in [0.29, 0.717) is 31.7 Å². The lowest BCUT2D eigenvalue weighted by Crippen LogP contribution is -2.36. The first-order valence-electron chi connectivity index (χ1n) is 7.79. The number of hydrogen-bond donors (Lipinski definition) is 0. The molecule has 124 valence electrons. The van der Waals surface area contributed by atoms with Gasteiger partial charge in [-0.3, -0.25) is 14.4 Å². The van der Waals surface area contributed by atoms with Gasteiger partial charge < -0.3 is 9.80 Å². The summed E-state index contributed by atoms with van der Waals surface area (Å²) in [5.41, 5.74) is 0.625. The van der Waals surface area contributed by atoms with Crippen molar-refractivity contribution in [2.45, 2.75) is 26.2 Å². The first kappa shape index (κ1) is 17.7. The number of nitrogens with zero attached hydrogens (tertiary/aromatic N) is 2. The molecule has 1 aromatic rings. The second kappa shape index (κ2) is 8.24. The zero-order chi connectivity index (χ0) is 16.8. The predicted octanol–water partition coefficient (Wildman–Crippen LogP) is 2.49. The van der Waals surface area contributed by atoms with E-state index in [9.17, 15) is 14.4 Å². The predicted molar refractivity (Wildman–Crippen MR) is 91.2 cm³/mol. The second-order valence-electron chi connectivity index (χ2n) is 5.67. The molecule has 1 fully saturated rings. The maximum Gasteiger partial charge on any atom is 0.223 e. The molecule has 0 saturated carbocycles. The third kappa shape index (κ3) is 5.16. The van der Waals surface area contributed by atoms with Crippen molar-refractivity contribution in [2.75, 3.05) is 26.2 Å². The number of carbonyl (C=O) groups excluding carboxylic acids is 3. The molecule has 2 rings (SSSR count). The number of halogens is 1. The lowest BCUT2D eigenvalue weighted by molar-refractivity contribution is -0.132. The topological polar surface area (TPSA) is 57.7 Å². The van der Waals surface area contributed by atoms with E-state index in [2.05, 4.69) is 15.9 Å². The number of ketones is 1. The van der Waals surface area contributed by atoms with Gasteiger partial charge in [-0.05, 0) is 18.6 Å². The van der Waals surface area contributed by atoms with Crippen molar-refractivity contribution in [1.82, 2.24) is 9.80 Å². The number of rotatable bonds is 4. The number of hydrogen-bond acceptors (Lipinski definition) is 3. The Morgan fingerprint density at radius 3 is 2.22 bits per heavy atom. The molecule has 0 aromatic heterocycles. The van der Waals surface area contributed by atoms with Gasteiger partial charge in [0, 0.05) is 56.0 Å². The van der Waals surface area contributed by atoms with E-state index in [1.807, 2.05) is 12.1 Å². The van der Waals surface area contributed by atoms with Crippen LogP contribution in [0.3, 0.4) is 0 Å². The maximum atomic E-state index is 12.3. The molecule has 2 amide bonds. The molecule has 6 heteroatoms. The SMILES string of the molecule is CC(=O)N1CCCN(C(=O)CCC(=O)c2ccc(Br)cc2)CC1. The molecule has 0 spiro atoms. The van der Waals surface area contributed by atoms with Crippen LogP contribution < -0.4 is 0 Å². The first-order chi connectivity index (χ1) is 11.0. The molecule has 1 heterocycles. The Labute approximate surface area is 144 Å². The minimum absolute atomic E-state index is 0.0131. The molecule has 0 unspecified atom stereocenters. The lowest BCUT2D eigenvalue weighted by Gasteiger charge is -2.21. The van der Waals surface area contributed by atoms with Gasteiger partial charge in [0.05, 0.1) is 0 Å². The Kier molecular flexibility index (Phi) is 6.33. The third-order valence-electron chi connectivity index (χ3n) is 4.03. The zero-order valence-corrected chi connectivity index (χ0v) is 14.8. The van der Waals surface area contributed by atoms with Gasteiger partial charge in [0.15, 0.2) is 5.78 Å². The number of carbonyl (C=O) groups is 3. The van der Waals surface area contributed by atoms with Crippen LogP contribution in [0, 0.1) is 0 Å². The molecule has 1 aliphatic heterocycles. The second-order valence-corrected chi connectivity index (χ2v) is 6.59. The third-order valence-corrected chi connectivity index (χ3v) is 4.55. The Balaban J connectivity index is 1.83. The number of amides is 2. The maximum absolute atomic E-state index is 12.3. The molecule has 0 radical (unpaired) electrons. The summed E-state index contributed by atoms with van der Waals surface area (Å²) in [7, 11) is 0. The van der Waals surface area contributed by atoms with E-state index < -0.39 is 0 Å². The highest BCUT2D eigenvalue weighted by molar-refractivity contribution is 9.10. The van der Waals surface area contributed by atoms with E-state index in [0.717, 1.165) is 10.9 Å². The quantitative estimate of drug-likeness (QED) is 0.753. The molecule has 0 atom stereocenters. The van der Waals surface area contributed by atoms with Crippen LogP contribution in [0.1, 0.15) is 36.5 Å². The minimum Gasteiger partial charge on any atom is -0.341 e. The molecular formula is C17H21BrN2O3. The summed E-state index contributed by atoms with van der Waals surface area (Å²) in [4.78, 5) is 39.3. The number of benzene rings is 1. The molecule has 23 heavy (non-hydrogen) atoms. The van der Waals surface area contributed by atoms with Gasteiger partial charge in [-0.1, -0.05) is 28.1 Å². The average molecular weight is 381 g/mol. The Morgan fingerprint density at radius 2 is 1.57 bits per heavy atom. The fraction of sp³-hybridized carbons (Fsp3) is 0.471. The smallest absolute Gasteiger partial charge is 0.223 e. The van der Waals surface area contributed by atoms with Crippen LogP contribution >= 0.6 is 15.9 Å². The summed E-state index contributed by atoms with van der Waals surface area (Å²) >= 11 is 3.33. The Bertz CT molecular complexity index is 586. The van der Waals surface area contributed by atoms with Gasteiger partial charge in [-0.2, -0.15) is 0 Å². The molecular weight excluding hydrogens is 360 g/mol. The molecule has 1 saturated heterocycles. The van der Waals surface area contributed by atoms with Gasteiger partial charge in [-0.25, -0.2) is 0 Å². The van der Waals surface area contributed by atoms with E-state index in [1.54, 1.807) is 28.9 Å².